The van der Waals surface area contributed by atoms with Crippen LogP contribution in [0.3, 0.4) is 0 Å². The summed E-state index contributed by atoms with van der Waals surface area (Å²) in [5.74, 6) is -1.15. The van der Waals surface area contributed by atoms with Gasteiger partial charge in [0.15, 0.2) is 5.60 Å². The van der Waals surface area contributed by atoms with Crippen LogP contribution in [-0.4, -0.2) is 51.1 Å². The Labute approximate surface area is 138 Å². The molecule has 0 aliphatic rings. The van der Waals surface area contributed by atoms with E-state index in [0.29, 0.717) is 6.54 Å². The van der Waals surface area contributed by atoms with Crippen LogP contribution in [0.1, 0.15) is 22.8 Å². The maximum Gasteiger partial charge on any atom is 0.337 e. The quantitative estimate of drug-likeness (QED) is 0.680. The second-order valence-corrected chi connectivity index (χ2v) is 5.54. The highest BCUT2D eigenvalue weighted by Gasteiger charge is 2.30. The van der Waals surface area contributed by atoms with Gasteiger partial charge in [-0.15, -0.1) is 0 Å². The molecule has 1 aromatic heterocycles. The number of hydrogen-bond acceptors (Lipinski definition) is 5. The van der Waals surface area contributed by atoms with Crippen molar-refractivity contribution in [3.8, 4) is 5.75 Å². The highest BCUT2D eigenvalue weighted by molar-refractivity contribution is 5.94. The minimum Gasteiger partial charge on any atom is -0.497 e. The van der Waals surface area contributed by atoms with Crippen molar-refractivity contribution in [3.05, 3.63) is 47.8 Å². The highest BCUT2D eigenvalue weighted by Crippen LogP contribution is 2.12. The number of aliphatic hydroxyl groups is 1. The van der Waals surface area contributed by atoms with E-state index < -0.39 is 24.0 Å². The third-order valence-electron chi connectivity index (χ3n) is 3.45. The number of hydrogen-bond donors (Lipinski definition) is 3. The molecule has 0 aliphatic carbocycles. The van der Waals surface area contributed by atoms with E-state index in [4.69, 9.17) is 9.84 Å². The lowest BCUT2D eigenvalue weighted by molar-refractivity contribution is -0.155. The van der Waals surface area contributed by atoms with Crippen LogP contribution in [0.2, 0.25) is 0 Å². The number of amides is 1. The molecule has 1 heterocycles. The number of carboxylic acids is 1. The van der Waals surface area contributed by atoms with Crippen LogP contribution in [0.25, 0.3) is 0 Å². The molecule has 0 bridgehead atoms. The van der Waals surface area contributed by atoms with Crippen molar-refractivity contribution in [3.63, 3.8) is 0 Å². The Kier molecular flexibility index (Phi) is 5.20. The predicted octanol–water partition coefficient (Wildman–Crippen LogP) is 0.505. The van der Waals surface area contributed by atoms with Crippen molar-refractivity contribution in [1.82, 2.24) is 15.1 Å². The van der Waals surface area contributed by atoms with Gasteiger partial charge in [-0.2, -0.15) is 5.10 Å². The first-order chi connectivity index (χ1) is 11.3. The molecule has 0 saturated heterocycles. The third-order valence-corrected chi connectivity index (χ3v) is 3.45. The van der Waals surface area contributed by atoms with E-state index in [1.807, 2.05) is 24.3 Å². The first-order valence-corrected chi connectivity index (χ1v) is 7.21. The number of carboxylic acid groups (broad SMARTS) is 1. The third kappa shape index (κ3) is 4.32. The van der Waals surface area contributed by atoms with Crippen molar-refractivity contribution in [2.45, 2.75) is 19.1 Å². The highest BCUT2D eigenvalue weighted by atomic mass is 16.5. The van der Waals surface area contributed by atoms with Crippen LogP contribution in [-0.2, 0) is 11.3 Å². The summed E-state index contributed by atoms with van der Waals surface area (Å²) in [6, 6.07) is 7.45. The Morgan fingerprint density at radius 3 is 2.58 bits per heavy atom. The molecule has 3 N–H and O–H groups in total. The van der Waals surface area contributed by atoms with Gasteiger partial charge in [-0.05, 0) is 24.6 Å². The summed E-state index contributed by atoms with van der Waals surface area (Å²) in [6.07, 6.45) is 2.93. The van der Waals surface area contributed by atoms with E-state index in [2.05, 4.69) is 10.4 Å². The number of rotatable bonds is 7. The maximum absolute atomic E-state index is 12.0. The van der Waals surface area contributed by atoms with E-state index in [0.717, 1.165) is 18.2 Å². The minimum atomic E-state index is -2.02. The number of nitrogens with one attached hydrogen (secondary N) is 1. The van der Waals surface area contributed by atoms with Gasteiger partial charge in [0.2, 0.25) is 0 Å². The van der Waals surface area contributed by atoms with Gasteiger partial charge in [0.1, 0.15) is 5.75 Å². The number of nitrogens with zero attached hydrogens (tertiary/aromatic N) is 2. The molecule has 1 unspecified atom stereocenters. The molecular formula is C16H19N3O5. The lowest BCUT2D eigenvalue weighted by Crippen LogP contribution is -2.46. The molecule has 24 heavy (non-hydrogen) atoms. The lowest BCUT2D eigenvalue weighted by Gasteiger charge is -2.17. The van der Waals surface area contributed by atoms with Gasteiger partial charge in [0, 0.05) is 6.20 Å². The first kappa shape index (κ1) is 17.5. The van der Waals surface area contributed by atoms with Crippen molar-refractivity contribution in [1.29, 1.82) is 0 Å². The van der Waals surface area contributed by atoms with Gasteiger partial charge in [-0.3, -0.25) is 9.48 Å². The van der Waals surface area contributed by atoms with Crippen LogP contribution in [0.4, 0.5) is 0 Å². The van der Waals surface area contributed by atoms with E-state index >= 15 is 0 Å². The smallest absolute Gasteiger partial charge is 0.337 e. The van der Waals surface area contributed by atoms with Crippen LogP contribution >= 0.6 is 0 Å². The molecule has 1 amide bonds. The number of ether oxygens (including phenoxy) is 1. The Balaban J connectivity index is 1.96. The number of benzene rings is 1. The fraction of sp³-hybridized carbons (Fsp3) is 0.312. The molecule has 0 saturated carbocycles. The summed E-state index contributed by atoms with van der Waals surface area (Å²) in [5, 5.41) is 24.9. The number of methoxy groups -OCH3 is 1. The SMILES string of the molecule is COc1ccc(Cn2cc(C(=O)NCC(C)(O)C(=O)O)cn2)cc1. The van der Waals surface area contributed by atoms with Crippen LogP contribution in [0.15, 0.2) is 36.7 Å². The molecule has 0 aliphatic heterocycles. The van der Waals surface area contributed by atoms with Gasteiger partial charge in [0.25, 0.3) is 5.91 Å². The van der Waals surface area contributed by atoms with Gasteiger partial charge in [0.05, 0.1) is 32.0 Å². The fourth-order valence-corrected chi connectivity index (χ4v) is 1.92. The van der Waals surface area contributed by atoms with Crippen LogP contribution < -0.4 is 10.1 Å². The van der Waals surface area contributed by atoms with Gasteiger partial charge < -0.3 is 20.3 Å². The van der Waals surface area contributed by atoms with Crippen LogP contribution in [0.5, 0.6) is 5.75 Å². The minimum absolute atomic E-state index is 0.282. The summed E-state index contributed by atoms with van der Waals surface area (Å²) >= 11 is 0. The Morgan fingerprint density at radius 2 is 2.00 bits per heavy atom. The van der Waals surface area contributed by atoms with E-state index in [9.17, 15) is 14.7 Å². The second-order valence-electron chi connectivity index (χ2n) is 5.54. The molecule has 0 fully saturated rings. The maximum atomic E-state index is 12.0. The molecule has 0 spiro atoms. The molecule has 8 heteroatoms. The Bertz CT molecular complexity index is 722. The molecule has 1 aromatic carbocycles. The van der Waals surface area contributed by atoms with Crippen molar-refractivity contribution in [2.75, 3.05) is 13.7 Å². The van der Waals surface area contributed by atoms with Crippen molar-refractivity contribution >= 4 is 11.9 Å². The monoisotopic (exact) mass is 333 g/mol. The Morgan fingerprint density at radius 1 is 1.33 bits per heavy atom. The zero-order valence-electron chi connectivity index (χ0n) is 13.4. The summed E-state index contributed by atoms with van der Waals surface area (Å²) < 4.78 is 6.68. The molecule has 0 radical (unpaired) electrons. The van der Waals surface area contributed by atoms with E-state index in [1.54, 1.807) is 18.0 Å². The summed E-state index contributed by atoms with van der Waals surface area (Å²) in [7, 11) is 1.59. The van der Waals surface area contributed by atoms with Crippen molar-refractivity contribution < 1.29 is 24.5 Å². The predicted molar refractivity (Wildman–Crippen MR) is 84.9 cm³/mol. The number of aliphatic carboxylic acids is 1. The number of carbonyl (C=O) groups is 2. The normalized spacial score (nSPS) is 13.1. The summed E-state index contributed by atoms with van der Waals surface area (Å²) in [4.78, 5) is 22.8. The molecular weight excluding hydrogens is 314 g/mol. The zero-order chi connectivity index (χ0) is 17.7. The van der Waals surface area contributed by atoms with Gasteiger partial charge in [-0.25, -0.2) is 4.79 Å². The van der Waals surface area contributed by atoms with E-state index in [-0.39, 0.29) is 5.56 Å². The van der Waals surface area contributed by atoms with Gasteiger partial charge in [-0.1, -0.05) is 12.1 Å². The molecule has 128 valence electrons. The standard InChI is InChI=1S/C16H19N3O5/c1-16(23,15(21)22)10-17-14(20)12-7-18-19(9-12)8-11-3-5-13(24-2)6-4-11/h3-7,9,23H,8,10H2,1-2H3,(H,17,20)(H,21,22). The summed E-state index contributed by atoms with van der Waals surface area (Å²) in [6.45, 7) is 1.19. The largest absolute Gasteiger partial charge is 0.497 e. The zero-order valence-corrected chi connectivity index (χ0v) is 13.4. The van der Waals surface area contributed by atoms with Gasteiger partial charge >= 0.3 is 5.97 Å². The first-order valence-electron chi connectivity index (χ1n) is 7.21. The molecule has 2 aromatic rings. The number of carbonyl (C=O) groups excluding carboxylic acids is 1. The lowest BCUT2D eigenvalue weighted by atomic mass is 10.1. The topological polar surface area (TPSA) is 114 Å². The summed E-state index contributed by atoms with van der Waals surface area (Å²) in [5.41, 5.74) is -0.751. The number of aromatic nitrogens is 2. The van der Waals surface area contributed by atoms with Crippen LogP contribution in [0, 0.1) is 0 Å². The fourth-order valence-electron chi connectivity index (χ4n) is 1.92. The molecule has 2 rings (SSSR count). The second kappa shape index (κ2) is 7.14. The van der Waals surface area contributed by atoms with E-state index in [1.165, 1.54) is 6.20 Å². The Hall–Kier alpha value is -2.87. The molecule has 8 nitrogen and oxygen atoms in total. The molecule has 1 atom stereocenters. The average molecular weight is 333 g/mol. The van der Waals surface area contributed by atoms with Crippen molar-refractivity contribution in [2.24, 2.45) is 0 Å². The average Bonchev–Trinajstić information content (AvgIpc) is 3.02.